The molecule has 0 bridgehead atoms. The highest BCUT2D eigenvalue weighted by Gasteiger charge is 2.21. The number of nitrogens with zero attached hydrogens (tertiary/aromatic N) is 3. The van der Waals surface area contributed by atoms with Gasteiger partial charge in [-0.1, -0.05) is 0 Å². The molecule has 1 fully saturated rings. The van der Waals surface area contributed by atoms with Crippen LogP contribution in [0, 0.1) is 0 Å². The van der Waals surface area contributed by atoms with E-state index >= 15 is 0 Å². The third-order valence-electron chi connectivity index (χ3n) is 3.18. The Morgan fingerprint density at radius 1 is 1.39 bits per heavy atom. The zero-order valence-electron chi connectivity index (χ0n) is 10.7. The number of ether oxygens (including phenoxy) is 1. The fourth-order valence-corrected chi connectivity index (χ4v) is 2.07. The first-order valence-electron chi connectivity index (χ1n) is 6.22. The standard InChI is InChI=1S/C13H19N3O2/c1-18-10-9-15-5-7-16(8-6-15)13(17)12-3-2-4-14-11-12/h2-4,11H,5-10H2,1H3. The predicted octanol–water partition coefficient (Wildman–Crippen LogP) is 0.486. The molecule has 0 saturated carbocycles. The monoisotopic (exact) mass is 249 g/mol. The molecule has 0 aromatic carbocycles. The SMILES string of the molecule is COCCN1CCN(C(=O)c2cccnc2)CC1. The van der Waals surface area contributed by atoms with E-state index in [0.29, 0.717) is 5.56 Å². The van der Waals surface area contributed by atoms with Crippen molar-refractivity contribution in [1.29, 1.82) is 0 Å². The first-order chi connectivity index (χ1) is 8.81. The normalized spacial score (nSPS) is 16.8. The van der Waals surface area contributed by atoms with Gasteiger partial charge in [0, 0.05) is 52.2 Å². The van der Waals surface area contributed by atoms with Crippen LogP contribution in [0.1, 0.15) is 10.4 Å². The van der Waals surface area contributed by atoms with Crippen molar-refractivity contribution in [3.63, 3.8) is 0 Å². The van der Waals surface area contributed by atoms with Gasteiger partial charge in [-0.25, -0.2) is 0 Å². The number of hydrogen-bond acceptors (Lipinski definition) is 4. The van der Waals surface area contributed by atoms with E-state index in [0.717, 1.165) is 39.3 Å². The third-order valence-corrected chi connectivity index (χ3v) is 3.18. The van der Waals surface area contributed by atoms with Gasteiger partial charge in [-0.3, -0.25) is 14.7 Å². The van der Waals surface area contributed by atoms with Crippen LogP contribution in [-0.4, -0.2) is 67.1 Å². The Hall–Kier alpha value is -1.46. The zero-order chi connectivity index (χ0) is 12.8. The fraction of sp³-hybridized carbons (Fsp3) is 0.538. The first-order valence-corrected chi connectivity index (χ1v) is 6.22. The molecule has 0 radical (unpaired) electrons. The molecular formula is C13H19N3O2. The van der Waals surface area contributed by atoms with Crippen molar-refractivity contribution < 1.29 is 9.53 Å². The Morgan fingerprint density at radius 3 is 2.78 bits per heavy atom. The molecule has 0 unspecified atom stereocenters. The highest BCUT2D eigenvalue weighted by atomic mass is 16.5. The summed E-state index contributed by atoms with van der Waals surface area (Å²) >= 11 is 0. The number of amides is 1. The summed E-state index contributed by atoms with van der Waals surface area (Å²) in [6.45, 7) is 5.06. The second kappa shape index (κ2) is 6.47. The smallest absolute Gasteiger partial charge is 0.255 e. The molecular weight excluding hydrogens is 230 g/mol. The molecule has 18 heavy (non-hydrogen) atoms. The van der Waals surface area contributed by atoms with Crippen molar-refractivity contribution in [2.75, 3.05) is 46.4 Å². The molecule has 1 aliphatic heterocycles. The van der Waals surface area contributed by atoms with Crippen molar-refractivity contribution in [1.82, 2.24) is 14.8 Å². The molecule has 1 aromatic rings. The Bertz CT molecular complexity index is 375. The van der Waals surface area contributed by atoms with E-state index < -0.39 is 0 Å². The van der Waals surface area contributed by atoms with Crippen LogP contribution in [0.15, 0.2) is 24.5 Å². The number of carbonyl (C=O) groups is 1. The Labute approximate surface area is 107 Å². The molecule has 1 amide bonds. The molecule has 5 nitrogen and oxygen atoms in total. The van der Waals surface area contributed by atoms with Crippen LogP contribution in [0.5, 0.6) is 0 Å². The maximum Gasteiger partial charge on any atom is 0.255 e. The number of aromatic nitrogens is 1. The Balaban J connectivity index is 1.84. The molecule has 0 spiro atoms. The summed E-state index contributed by atoms with van der Waals surface area (Å²) in [7, 11) is 1.71. The summed E-state index contributed by atoms with van der Waals surface area (Å²) in [5.74, 6) is 0.0782. The van der Waals surface area contributed by atoms with E-state index in [-0.39, 0.29) is 5.91 Å². The topological polar surface area (TPSA) is 45.7 Å². The number of piperazine rings is 1. The van der Waals surface area contributed by atoms with Gasteiger partial charge in [-0.15, -0.1) is 0 Å². The van der Waals surface area contributed by atoms with Gasteiger partial charge in [0.15, 0.2) is 0 Å². The highest BCUT2D eigenvalue weighted by molar-refractivity contribution is 5.93. The Morgan fingerprint density at radius 2 is 2.17 bits per heavy atom. The van der Waals surface area contributed by atoms with Gasteiger partial charge in [-0.05, 0) is 12.1 Å². The number of hydrogen-bond donors (Lipinski definition) is 0. The third kappa shape index (κ3) is 3.27. The van der Waals surface area contributed by atoms with Crippen LogP contribution < -0.4 is 0 Å². The van der Waals surface area contributed by atoms with Gasteiger partial charge in [-0.2, -0.15) is 0 Å². The minimum atomic E-state index is 0.0782. The fourth-order valence-electron chi connectivity index (χ4n) is 2.07. The largest absolute Gasteiger partial charge is 0.383 e. The summed E-state index contributed by atoms with van der Waals surface area (Å²) in [5, 5.41) is 0. The molecule has 2 rings (SSSR count). The van der Waals surface area contributed by atoms with Crippen LogP contribution in [0.2, 0.25) is 0 Å². The molecule has 5 heteroatoms. The molecule has 1 aromatic heterocycles. The molecule has 98 valence electrons. The van der Waals surface area contributed by atoms with Crippen molar-refractivity contribution in [3.05, 3.63) is 30.1 Å². The van der Waals surface area contributed by atoms with Gasteiger partial charge in [0.2, 0.25) is 0 Å². The number of rotatable bonds is 4. The zero-order valence-corrected chi connectivity index (χ0v) is 10.7. The van der Waals surface area contributed by atoms with Gasteiger partial charge in [0.25, 0.3) is 5.91 Å². The van der Waals surface area contributed by atoms with E-state index in [9.17, 15) is 4.79 Å². The first kappa shape index (κ1) is 13.0. The minimum Gasteiger partial charge on any atom is -0.383 e. The number of pyridine rings is 1. The van der Waals surface area contributed by atoms with E-state index in [1.807, 2.05) is 11.0 Å². The average molecular weight is 249 g/mol. The lowest BCUT2D eigenvalue weighted by molar-refractivity contribution is 0.0594. The summed E-state index contributed by atoms with van der Waals surface area (Å²) < 4.78 is 5.06. The Kier molecular flexibility index (Phi) is 4.66. The number of carbonyl (C=O) groups excluding carboxylic acids is 1. The highest BCUT2D eigenvalue weighted by Crippen LogP contribution is 2.07. The molecule has 0 atom stereocenters. The van der Waals surface area contributed by atoms with E-state index in [1.54, 1.807) is 25.6 Å². The quantitative estimate of drug-likeness (QED) is 0.779. The van der Waals surface area contributed by atoms with Crippen LogP contribution in [0.4, 0.5) is 0 Å². The maximum atomic E-state index is 12.2. The molecule has 1 aliphatic rings. The van der Waals surface area contributed by atoms with E-state index in [2.05, 4.69) is 9.88 Å². The van der Waals surface area contributed by atoms with Crippen molar-refractivity contribution in [2.45, 2.75) is 0 Å². The summed E-state index contributed by atoms with van der Waals surface area (Å²) in [6, 6.07) is 3.61. The molecule has 0 N–H and O–H groups in total. The average Bonchev–Trinajstić information content (AvgIpc) is 2.46. The lowest BCUT2D eigenvalue weighted by Gasteiger charge is -2.34. The minimum absolute atomic E-state index is 0.0782. The van der Waals surface area contributed by atoms with Gasteiger partial charge < -0.3 is 9.64 Å². The maximum absolute atomic E-state index is 12.2. The molecule has 0 aliphatic carbocycles. The van der Waals surface area contributed by atoms with Crippen LogP contribution in [0.3, 0.4) is 0 Å². The summed E-state index contributed by atoms with van der Waals surface area (Å²) in [6.07, 6.45) is 3.30. The lowest BCUT2D eigenvalue weighted by atomic mass is 10.2. The van der Waals surface area contributed by atoms with Crippen LogP contribution in [-0.2, 0) is 4.74 Å². The predicted molar refractivity (Wildman–Crippen MR) is 68.5 cm³/mol. The summed E-state index contributed by atoms with van der Waals surface area (Å²) in [5.41, 5.74) is 0.669. The second-order valence-corrected chi connectivity index (χ2v) is 4.37. The van der Waals surface area contributed by atoms with Crippen molar-refractivity contribution >= 4 is 5.91 Å². The van der Waals surface area contributed by atoms with Gasteiger partial charge >= 0.3 is 0 Å². The van der Waals surface area contributed by atoms with Crippen LogP contribution in [0.25, 0.3) is 0 Å². The number of methoxy groups -OCH3 is 1. The summed E-state index contributed by atoms with van der Waals surface area (Å²) in [4.78, 5) is 20.3. The van der Waals surface area contributed by atoms with Crippen LogP contribution >= 0.6 is 0 Å². The van der Waals surface area contributed by atoms with E-state index in [1.165, 1.54) is 0 Å². The molecule has 2 heterocycles. The molecule has 1 saturated heterocycles. The van der Waals surface area contributed by atoms with E-state index in [4.69, 9.17) is 4.74 Å². The van der Waals surface area contributed by atoms with Crippen molar-refractivity contribution in [3.8, 4) is 0 Å². The van der Waals surface area contributed by atoms with Gasteiger partial charge in [0.1, 0.15) is 0 Å². The van der Waals surface area contributed by atoms with Gasteiger partial charge in [0.05, 0.1) is 12.2 Å². The van der Waals surface area contributed by atoms with Crippen molar-refractivity contribution in [2.24, 2.45) is 0 Å². The second-order valence-electron chi connectivity index (χ2n) is 4.37. The lowest BCUT2D eigenvalue weighted by Crippen LogP contribution is -2.49.